The molecule has 2 rings (SSSR count). The van der Waals surface area contributed by atoms with Crippen LogP contribution in [-0.4, -0.2) is 18.9 Å². The fourth-order valence-electron chi connectivity index (χ4n) is 2.61. The van der Waals surface area contributed by atoms with E-state index in [0.717, 1.165) is 18.4 Å². The predicted octanol–water partition coefficient (Wildman–Crippen LogP) is 3.19. The first kappa shape index (κ1) is 13.0. The zero-order valence-electron chi connectivity index (χ0n) is 11.7. The lowest BCUT2D eigenvalue weighted by Gasteiger charge is -2.45. The average molecular weight is 243 g/mol. The van der Waals surface area contributed by atoms with Crippen molar-refractivity contribution in [2.24, 2.45) is 0 Å². The highest BCUT2D eigenvalue weighted by atomic mass is 16.5. The number of ether oxygens (including phenoxy) is 1. The number of hydrogen-bond donors (Lipinski definition) is 0. The van der Waals surface area contributed by atoms with E-state index >= 15 is 0 Å². The number of nitrogens with zero attached hydrogens (tertiary/aromatic N) is 1. The summed E-state index contributed by atoms with van der Waals surface area (Å²) >= 11 is 0. The second kappa shape index (κ2) is 4.66. The molecule has 96 valence electrons. The molecular formula is C16H21NO. The van der Waals surface area contributed by atoms with Crippen LogP contribution in [0.4, 0.5) is 5.69 Å². The largest absolute Gasteiger partial charge is 0.353 e. The van der Waals surface area contributed by atoms with Crippen LogP contribution < -0.4 is 4.90 Å². The molecule has 0 radical (unpaired) electrons. The fraction of sp³-hybridized carbons (Fsp3) is 0.500. The number of terminal acetylenes is 1. The number of fused-ring (bicyclic) bond motifs is 1. The zero-order valence-corrected chi connectivity index (χ0v) is 11.7. The lowest BCUT2D eigenvalue weighted by atomic mass is 9.93. The van der Waals surface area contributed by atoms with Gasteiger partial charge in [0.05, 0.1) is 6.10 Å². The summed E-state index contributed by atoms with van der Waals surface area (Å²) in [5.74, 6) is 2.70. The molecular weight excluding hydrogens is 222 g/mol. The second-order valence-electron chi connectivity index (χ2n) is 5.39. The molecule has 0 bridgehead atoms. The van der Waals surface area contributed by atoms with Crippen molar-refractivity contribution in [1.82, 2.24) is 0 Å². The minimum atomic E-state index is -0.242. The molecule has 1 aliphatic rings. The van der Waals surface area contributed by atoms with Crippen LogP contribution in [0.3, 0.4) is 0 Å². The summed E-state index contributed by atoms with van der Waals surface area (Å²) in [6.45, 7) is 6.30. The third-order valence-corrected chi connectivity index (χ3v) is 3.67. The van der Waals surface area contributed by atoms with Crippen molar-refractivity contribution in [1.29, 1.82) is 0 Å². The van der Waals surface area contributed by atoms with Crippen molar-refractivity contribution in [2.75, 3.05) is 11.9 Å². The van der Waals surface area contributed by atoms with Crippen molar-refractivity contribution in [3.63, 3.8) is 0 Å². The van der Waals surface area contributed by atoms with Crippen molar-refractivity contribution < 1.29 is 4.74 Å². The molecule has 1 heterocycles. The Labute approximate surface area is 110 Å². The van der Waals surface area contributed by atoms with Gasteiger partial charge in [-0.25, -0.2) is 0 Å². The fourth-order valence-corrected chi connectivity index (χ4v) is 2.61. The highest BCUT2D eigenvalue weighted by Gasteiger charge is 2.36. The van der Waals surface area contributed by atoms with Crippen molar-refractivity contribution >= 4 is 5.69 Å². The van der Waals surface area contributed by atoms with Gasteiger partial charge in [0, 0.05) is 18.3 Å². The quantitative estimate of drug-likeness (QED) is 0.740. The van der Waals surface area contributed by atoms with E-state index in [9.17, 15) is 0 Å². The molecule has 1 aromatic carbocycles. The van der Waals surface area contributed by atoms with Gasteiger partial charge in [-0.15, -0.1) is 6.42 Å². The van der Waals surface area contributed by atoms with Gasteiger partial charge in [-0.2, -0.15) is 0 Å². The van der Waals surface area contributed by atoms with E-state index in [1.807, 2.05) is 6.07 Å². The maximum absolute atomic E-state index is 6.10. The summed E-state index contributed by atoms with van der Waals surface area (Å²) in [4.78, 5) is 2.21. The van der Waals surface area contributed by atoms with E-state index < -0.39 is 0 Å². The van der Waals surface area contributed by atoms with E-state index in [4.69, 9.17) is 11.2 Å². The van der Waals surface area contributed by atoms with Crippen LogP contribution in [0.5, 0.6) is 0 Å². The monoisotopic (exact) mass is 243 g/mol. The number of hydrogen-bond acceptors (Lipinski definition) is 2. The average Bonchev–Trinajstić information content (AvgIpc) is 2.33. The van der Waals surface area contributed by atoms with Gasteiger partial charge in [0.15, 0.2) is 0 Å². The Morgan fingerprint density at radius 1 is 1.44 bits per heavy atom. The number of benzene rings is 1. The minimum absolute atomic E-state index is 0.217. The molecule has 2 nitrogen and oxygen atoms in total. The first-order valence-electron chi connectivity index (χ1n) is 6.47. The van der Waals surface area contributed by atoms with Crippen molar-refractivity contribution in [3.8, 4) is 12.3 Å². The van der Waals surface area contributed by atoms with E-state index in [0.29, 0.717) is 0 Å². The Morgan fingerprint density at radius 3 is 2.78 bits per heavy atom. The van der Waals surface area contributed by atoms with Crippen LogP contribution >= 0.6 is 0 Å². The third kappa shape index (κ3) is 2.23. The Bertz CT molecular complexity index is 486. The summed E-state index contributed by atoms with van der Waals surface area (Å²) in [6.07, 6.45) is 7.73. The topological polar surface area (TPSA) is 12.5 Å². The van der Waals surface area contributed by atoms with Gasteiger partial charge >= 0.3 is 0 Å². The molecule has 0 N–H and O–H groups in total. The standard InChI is InChI=1S/C16H21NO/c1-6-13-7-8-14-9-10-16(4,18-12(2)3)17(5)15(14)11-13/h1,7-8,11-12H,9-10H2,2-5H3. The Balaban J connectivity index is 2.37. The molecule has 0 saturated carbocycles. The first-order valence-corrected chi connectivity index (χ1v) is 6.47. The van der Waals surface area contributed by atoms with Gasteiger partial charge in [-0.3, -0.25) is 0 Å². The number of rotatable bonds is 2. The smallest absolute Gasteiger partial charge is 0.138 e. The summed E-state index contributed by atoms with van der Waals surface area (Å²) in [6, 6.07) is 6.23. The summed E-state index contributed by atoms with van der Waals surface area (Å²) in [7, 11) is 2.08. The molecule has 0 aromatic heterocycles. The van der Waals surface area contributed by atoms with E-state index in [1.165, 1.54) is 11.3 Å². The molecule has 0 spiro atoms. The molecule has 1 aliphatic heterocycles. The van der Waals surface area contributed by atoms with Gasteiger partial charge in [-0.1, -0.05) is 12.0 Å². The summed E-state index contributed by atoms with van der Waals surface area (Å²) in [5, 5.41) is 0. The lowest BCUT2D eigenvalue weighted by molar-refractivity contribution is -0.0740. The Hall–Kier alpha value is -1.46. The molecule has 1 aromatic rings. The zero-order chi connectivity index (χ0) is 13.3. The molecule has 0 aliphatic carbocycles. The molecule has 1 unspecified atom stereocenters. The van der Waals surface area contributed by atoms with Crippen LogP contribution in [0.1, 0.15) is 38.3 Å². The van der Waals surface area contributed by atoms with Gasteiger partial charge in [0.1, 0.15) is 5.72 Å². The highest BCUT2D eigenvalue weighted by Crippen LogP contribution is 2.37. The van der Waals surface area contributed by atoms with Crippen molar-refractivity contribution in [2.45, 2.75) is 45.4 Å². The molecule has 1 atom stereocenters. The normalized spacial score (nSPS) is 22.8. The summed E-state index contributed by atoms with van der Waals surface area (Å²) < 4.78 is 6.10. The predicted molar refractivity (Wildman–Crippen MR) is 75.7 cm³/mol. The van der Waals surface area contributed by atoms with Gasteiger partial charge in [0.25, 0.3) is 0 Å². The van der Waals surface area contributed by atoms with E-state index in [1.54, 1.807) is 0 Å². The molecule has 2 heteroatoms. The maximum Gasteiger partial charge on any atom is 0.138 e. The molecule has 0 amide bonds. The van der Waals surface area contributed by atoms with Crippen LogP contribution in [0.25, 0.3) is 0 Å². The van der Waals surface area contributed by atoms with Crippen molar-refractivity contribution in [3.05, 3.63) is 29.3 Å². The minimum Gasteiger partial charge on any atom is -0.353 e. The van der Waals surface area contributed by atoms with E-state index in [-0.39, 0.29) is 11.8 Å². The van der Waals surface area contributed by atoms with Gasteiger partial charge in [-0.05, 0) is 51.3 Å². The Morgan fingerprint density at radius 2 is 2.17 bits per heavy atom. The second-order valence-corrected chi connectivity index (χ2v) is 5.39. The van der Waals surface area contributed by atoms with Crippen LogP contribution in [0.15, 0.2) is 18.2 Å². The first-order chi connectivity index (χ1) is 8.46. The third-order valence-electron chi connectivity index (χ3n) is 3.67. The van der Waals surface area contributed by atoms with E-state index in [2.05, 4.69) is 50.8 Å². The highest BCUT2D eigenvalue weighted by molar-refractivity contribution is 5.60. The molecule has 18 heavy (non-hydrogen) atoms. The SMILES string of the molecule is C#Cc1ccc2c(c1)N(C)C(C)(OC(C)C)CC2. The Kier molecular flexibility index (Phi) is 3.36. The van der Waals surface area contributed by atoms with Crippen LogP contribution in [0.2, 0.25) is 0 Å². The number of aryl methyl sites for hydroxylation is 1. The molecule has 0 fully saturated rings. The lowest BCUT2D eigenvalue weighted by Crippen LogP contribution is -2.50. The van der Waals surface area contributed by atoms with Gasteiger partial charge < -0.3 is 9.64 Å². The molecule has 0 saturated heterocycles. The van der Waals surface area contributed by atoms with Gasteiger partial charge in [0.2, 0.25) is 0 Å². The number of anilines is 1. The van der Waals surface area contributed by atoms with Crippen LogP contribution in [-0.2, 0) is 11.2 Å². The van der Waals surface area contributed by atoms with Crippen LogP contribution in [0, 0.1) is 12.3 Å². The maximum atomic E-state index is 6.10. The summed E-state index contributed by atoms with van der Waals surface area (Å²) in [5.41, 5.74) is 3.23.